The van der Waals surface area contributed by atoms with Crippen molar-refractivity contribution in [2.45, 2.75) is 75.9 Å². The number of aryl methyl sites for hydroxylation is 2. The maximum atomic E-state index is 13.8. The zero-order chi connectivity index (χ0) is 30.7. The Kier molecular flexibility index (Phi) is 9.87. The first-order chi connectivity index (χ1) is 20.6. The third kappa shape index (κ3) is 7.46. The first-order valence-corrected chi connectivity index (χ1v) is 16.5. The summed E-state index contributed by atoms with van der Waals surface area (Å²) in [6.45, 7) is 7.05. The lowest BCUT2D eigenvalue weighted by Crippen LogP contribution is -2.39. The number of hydrogen-bond donors (Lipinski definition) is 0. The Morgan fingerprint density at radius 3 is 2.37 bits per heavy atom. The van der Waals surface area contributed by atoms with Crippen LogP contribution in [0.4, 0.5) is 0 Å². The predicted octanol–water partition coefficient (Wildman–Crippen LogP) is 3.53. The van der Waals surface area contributed by atoms with Crippen LogP contribution < -0.4 is 4.74 Å². The van der Waals surface area contributed by atoms with Gasteiger partial charge in [-0.2, -0.15) is 4.31 Å². The molecule has 2 heterocycles. The van der Waals surface area contributed by atoms with Gasteiger partial charge in [-0.05, 0) is 80.5 Å². The van der Waals surface area contributed by atoms with E-state index in [1.54, 1.807) is 52.1 Å². The highest BCUT2D eigenvalue weighted by atomic mass is 32.2. The Balaban J connectivity index is 1.20. The van der Waals surface area contributed by atoms with E-state index in [4.69, 9.17) is 14.2 Å². The Labute approximate surface area is 255 Å². The fraction of sp³-hybridized carbons (Fsp3) is 0.562. The van der Waals surface area contributed by atoms with E-state index in [0.717, 1.165) is 50.9 Å². The fourth-order valence-corrected chi connectivity index (χ4v) is 8.16. The maximum absolute atomic E-state index is 13.8. The van der Waals surface area contributed by atoms with Crippen LogP contribution in [0.3, 0.4) is 0 Å². The molecule has 1 saturated heterocycles. The number of rotatable bonds is 12. The molecule has 43 heavy (non-hydrogen) atoms. The molecule has 1 saturated carbocycles. The number of ether oxygens (including phenoxy) is 3. The lowest BCUT2D eigenvalue weighted by Gasteiger charge is -2.31. The van der Waals surface area contributed by atoms with Crippen LogP contribution in [0.5, 0.6) is 5.75 Å². The van der Waals surface area contributed by atoms with Gasteiger partial charge in [0.15, 0.2) is 6.23 Å². The van der Waals surface area contributed by atoms with Gasteiger partial charge in [0.25, 0.3) is 5.91 Å². The van der Waals surface area contributed by atoms with E-state index in [1.807, 2.05) is 0 Å². The van der Waals surface area contributed by atoms with Crippen LogP contribution in [0, 0.1) is 13.8 Å². The van der Waals surface area contributed by atoms with Crippen LogP contribution >= 0.6 is 0 Å². The number of nitrogens with zero attached hydrogens (tertiary/aromatic N) is 4. The minimum absolute atomic E-state index is 0.0597. The number of likely N-dealkylation sites (tertiary alicyclic amines) is 1. The molecule has 0 radical (unpaired) electrons. The van der Waals surface area contributed by atoms with Crippen molar-refractivity contribution in [3.8, 4) is 5.75 Å². The number of benzene rings is 2. The number of methoxy groups -OCH3 is 2. The highest BCUT2D eigenvalue weighted by Crippen LogP contribution is 2.36. The van der Waals surface area contributed by atoms with Crippen molar-refractivity contribution in [2.75, 3.05) is 47.5 Å². The molecule has 0 aromatic heterocycles. The van der Waals surface area contributed by atoms with Crippen molar-refractivity contribution < 1.29 is 27.4 Å². The molecule has 1 aliphatic carbocycles. The molecule has 0 bridgehead atoms. The van der Waals surface area contributed by atoms with Crippen LogP contribution in [-0.4, -0.2) is 100 Å². The number of amides is 1. The van der Waals surface area contributed by atoms with E-state index in [-0.39, 0.29) is 25.1 Å². The molecule has 5 rings (SSSR count). The average molecular weight is 613 g/mol. The van der Waals surface area contributed by atoms with Gasteiger partial charge in [-0.25, -0.2) is 13.4 Å². The van der Waals surface area contributed by atoms with Gasteiger partial charge in [-0.15, -0.1) is 0 Å². The summed E-state index contributed by atoms with van der Waals surface area (Å²) in [5, 5.41) is 0. The third-order valence-corrected chi connectivity index (χ3v) is 10.7. The van der Waals surface area contributed by atoms with E-state index in [1.165, 1.54) is 9.87 Å². The van der Waals surface area contributed by atoms with Gasteiger partial charge in [-0.3, -0.25) is 9.69 Å². The molecule has 2 atom stereocenters. The van der Waals surface area contributed by atoms with E-state index in [0.29, 0.717) is 40.1 Å². The molecule has 11 heteroatoms. The van der Waals surface area contributed by atoms with Crippen molar-refractivity contribution >= 4 is 21.6 Å². The van der Waals surface area contributed by atoms with E-state index < -0.39 is 16.3 Å². The lowest BCUT2D eigenvalue weighted by molar-refractivity contribution is -0.123. The molecule has 3 aliphatic rings. The van der Waals surface area contributed by atoms with Crippen LogP contribution in [0.15, 0.2) is 46.3 Å². The molecule has 2 aromatic rings. The first kappa shape index (κ1) is 31.6. The fourth-order valence-electron chi connectivity index (χ4n) is 6.07. The molecule has 234 valence electrons. The quantitative estimate of drug-likeness (QED) is 0.362. The van der Waals surface area contributed by atoms with E-state index in [9.17, 15) is 13.2 Å². The zero-order valence-corrected chi connectivity index (χ0v) is 26.7. The Hall–Kier alpha value is -2.83. The summed E-state index contributed by atoms with van der Waals surface area (Å²) in [4.78, 5) is 22.1. The maximum Gasteiger partial charge on any atom is 0.270 e. The summed E-state index contributed by atoms with van der Waals surface area (Å²) in [6.07, 6.45) is 3.43. The molecule has 10 nitrogen and oxygen atoms in total. The van der Waals surface area contributed by atoms with E-state index >= 15 is 0 Å². The van der Waals surface area contributed by atoms with Crippen LogP contribution in [0.25, 0.3) is 0 Å². The van der Waals surface area contributed by atoms with Gasteiger partial charge in [0.1, 0.15) is 11.5 Å². The molecule has 2 unspecified atom stereocenters. The van der Waals surface area contributed by atoms with Gasteiger partial charge >= 0.3 is 0 Å². The summed E-state index contributed by atoms with van der Waals surface area (Å²) in [7, 11) is 1.30. The molecular weight excluding hydrogens is 568 g/mol. The van der Waals surface area contributed by atoms with Crippen LogP contribution in [0.1, 0.15) is 47.9 Å². The summed E-state index contributed by atoms with van der Waals surface area (Å²) in [5.41, 5.74) is 3.85. The van der Waals surface area contributed by atoms with Crippen molar-refractivity contribution in [1.82, 2.24) is 14.1 Å². The number of carbonyl (C=O) groups excluding carboxylic acids is 1. The smallest absolute Gasteiger partial charge is 0.270 e. The SMILES string of the molecule is COc1cc(C)c(S(=O)(=O)N(CC2N=C(C(=O)N(C)Cc3ccc(CN4CCCC(OC)C4)cc3)CO2)C2CC2)c(C)c1. The number of carbonyl (C=O) groups is 1. The summed E-state index contributed by atoms with van der Waals surface area (Å²) >= 11 is 0. The third-order valence-electron chi connectivity index (χ3n) is 8.48. The molecule has 0 spiro atoms. The van der Waals surface area contributed by atoms with E-state index in [2.05, 4.69) is 34.2 Å². The average Bonchev–Trinajstić information content (AvgIpc) is 3.72. The van der Waals surface area contributed by atoms with Gasteiger partial charge in [-0.1, -0.05) is 24.3 Å². The standard InChI is InChI=1S/C32H44N4O6S/c1-22-15-28(41-5)16-23(2)31(22)43(38,39)36(26-12-13-26)20-30-33-29(21-42-30)32(37)34(3)17-24-8-10-25(11-9-24)18-35-14-6-7-27(19-35)40-4/h8-11,15-16,26-27,30H,6-7,12-14,17-21H2,1-5H3. The minimum atomic E-state index is -3.80. The van der Waals surface area contributed by atoms with Gasteiger partial charge in [0, 0.05) is 39.8 Å². The monoisotopic (exact) mass is 612 g/mol. The summed E-state index contributed by atoms with van der Waals surface area (Å²) in [6, 6.07) is 11.8. The van der Waals surface area contributed by atoms with Crippen molar-refractivity contribution in [3.63, 3.8) is 0 Å². The van der Waals surface area contributed by atoms with Crippen LogP contribution in [0.2, 0.25) is 0 Å². The van der Waals surface area contributed by atoms with Gasteiger partial charge in [0.2, 0.25) is 10.0 Å². The topological polar surface area (TPSA) is 101 Å². The number of aliphatic imine (C=N–C) groups is 1. The highest BCUT2D eigenvalue weighted by Gasteiger charge is 2.42. The molecule has 0 N–H and O–H groups in total. The molecule has 2 fully saturated rings. The second kappa shape index (κ2) is 13.4. The van der Waals surface area contributed by atoms with Crippen LogP contribution in [-0.2, 0) is 37.4 Å². The van der Waals surface area contributed by atoms with Crippen molar-refractivity contribution in [1.29, 1.82) is 0 Å². The second-order valence-electron chi connectivity index (χ2n) is 12.0. The Morgan fingerprint density at radius 2 is 1.74 bits per heavy atom. The van der Waals surface area contributed by atoms with Gasteiger partial charge < -0.3 is 19.1 Å². The molecular formula is C32H44N4O6S. The molecule has 2 aliphatic heterocycles. The lowest BCUT2D eigenvalue weighted by atomic mass is 10.1. The summed E-state index contributed by atoms with van der Waals surface area (Å²) < 4.78 is 45.9. The Bertz CT molecular complexity index is 1420. The van der Waals surface area contributed by atoms with Gasteiger partial charge in [0.05, 0.1) is 31.3 Å². The first-order valence-electron chi connectivity index (χ1n) is 15.0. The number of sulfonamides is 1. The zero-order valence-electron chi connectivity index (χ0n) is 25.9. The van der Waals surface area contributed by atoms with Crippen molar-refractivity contribution in [3.05, 3.63) is 58.7 Å². The largest absolute Gasteiger partial charge is 0.497 e. The Morgan fingerprint density at radius 1 is 1.07 bits per heavy atom. The van der Waals surface area contributed by atoms with Crippen molar-refractivity contribution in [2.24, 2.45) is 4.99 Å². The minimum Gasteiger partial charge on any atom is -0.497 e. The predicted molar refractivity (Wildman–Crippen MR) is 165 cm³/mol. The normalized spacial score (nSPS) is 21.2. The molecule has 2 aromatic carbocycles. The number of piperidine rings is 1. The number of hydrogen-bond acceptors (Lipinski definition) is 8. The molecule has 1 amide bonds. The second-order valence-corrected chi connectivity index (χ2v) is 13.8. The summed E-state index contributed by atoms with van der Waals surface area (Å²) in [5.74, 6) is 0.408. The highest BCUT2D eigenvalue weighted by molar-refractivity contribution is 7.89.